The van der Waals surface area contributed by atoms with Crippen LogP contribution in [0.4, 0.5) is 0 Å². The maximum absolute atomic E-state index is 11.3. The van der Waals surface area contributed by atoms with E-state index >= 15 is 0 Å². The first kappa shape index (κ1) is 13.1. The summed E-state index contributed by atoms with van der Waals surface area (Å²) in [6.45, 7) is 4.53. The smallest absolute Gasteiger partial charge is 0.278 e. The molecule has 0 aliphatic carbocycles. The van der Waals surface area contributed by atoms with Crippen LogP contribution in [0.25, 0.3) is 0 Å². The molecule has 1 heterocycles. The van der Waals surface area contributed by atoms with Gasteiger partial charge in [0.15, 0.2) is 11.4 Å². The number of rotatable bonds is 5. The highest BCUT2D eigenvalue weighted by Gasteiger charge is 2.30. The van der Waals surface area contributed by atoms with Gasteiger partial charge in [0.25, 0.3) is 10.1 Å². The Labute approximate surface area is 96.7 Å². The van der Waals surface area contributed by atoms with Gasteiger partial charge in [-0.2, -0.15) is 8.42 Å². The van der Waals surface area contributed by atoms with E-state index in [1.165, 1.54) is 0 Å². The SMILES string of the molecule is CCC[n+]1ccccc1C(CC)S(=O)(=O)O. The van der Waals surface area contributed by atoms with Crippen molar-refractivity contribution >= 4 is 10.1 Å². The second-order valence-electron chi connectivity index (χ2n) is 3.73. The zero-order chi connectivity index (χ0) is 12.2. The fraction of sp³-hybridized carbons (Fsp3) is 0.545. The summed E-state index contributed by atoms with van der Waals surface area (Å²) in [7, 11) is -4.03. The number of hydrogen-bond acceptors (Lipinski definition) is 2. The van der Waals surface area contributed by atoms with Gasteiger partial charge in [0.2, 0.25) is 5.69 Å². The minimum absolute atomic E-state index is 0.368. The van der Waals surface area contributed by atoms with E-state index in [4.69, 9.17) is 0 Å². The van der Waals surface area contributed by atoms with Crippen LogP contribution in [0.3, 0.4) is 0 Å². The molecule has 0 fully saturated rings. The third-order valence-electron chi connectivity index (χ3n) is 2.50. The Balaban J connectivity index is 3.19. The van der Waals surface area contributed by atoms with E-state index in [1.807, 2.05) is 23.8 Å². The van der Waals surface area contributed by atoms with Gasteiger partial charge in [-0.25, -0.2) is 4.57 Å². The van der Waals surface area contributed by atoms with Crippen LogP contribution >= 0.6 is 0 Å². The Morgan fingerprint density at radius 3 is 2.56 bits per heavy atom. The van der Waals surface area contributed by atoms with Crippen LogP contribution in [0.15, 0.2) is 24.4 Å². The van der Waals surface area contributed by atoms with Gasteiger partial charge >= 0.3 is 0 Å². The maximum atomic E-state index is 11.3. The summed E-state index contributed by atoms with van der Waals surface area (Å²) in [6.07, 6.45) is 3.13. The number of aromatic nitrogens is 1. The summed E-state index contributed by atoms with van der Waals surface area (Å²) in [5.41, 5.74) is 0.648. The lowest BCUT2D eigenvalue weighted by atomic mass is 10.2. The van der Waals surface area contributed by atoms with E-state index in [-0.39, 0.29) is 0 Å². The van der Waals surface area contributed by atoms with E-state index in [9.17, 15) is 13.0 Å². The molecule has 90 valence electrons. The molecule has 0 saturated carbocycles. The molecular formula is C11H18NO3S+. The third kappa shape index (κ3) is 3.02. The lowest BCUT2D eigenvalue weighted by Crippen LogP contribution is -2.40. The fourth-order valence-corrected chi connectivity index (χ4v) is 2.74. The topological polar surface area (TPSA) is 58.2 Å². The summed E-state index contributed by atoms with van der Waals surface area (Å²) in [5, 5.41) is -0.833. The minimum atomic E-state index is -4.03. The van der Waals surface area contributed by atoms with Crippen LogP contribution < -0.4 is 4.57 Å². The van der Waals surface area contributed by atoms with Gasteiger partial charge in [-0.05, 0) is 6.42 Å². The van der Waals surface area contributed by atoms with Crippen LogP contribution in [0.1, 0.15) is 37.6 Å². The van der Waals surface area contributed by atoms with Crippen LogP contribution in [-0.4, -0.2) is 13.0 Å². The first-order valence-corrected chi connectivity index (χ1v) is 6.95. The fourth-order valence-electron chi connectivity index (χ4n) is 1.80. The van der Waals surface area contributed by atoms with Gasteiger partial charge in [-0.3, -0.25) is 4.55 Å². The van der Waals surface area contributed by atoms with Crippen LogP contribution in [0, 0.1) is 0 Å². The van der Waals surface area contributed by atoms with Crippen LogP contribution in [0.2, 0.25) is 0 Å². The number of nitrogens with zero attached hydrogens (tertiary/aromatic N) is 1. The van der Waals surface area contributed by atoms with Gasteiger partial charge in [-0.1, -0.05) is 19.9 Å². The standard InChI is InChI=1S/C11H17NO3S/c1-3-8-12-9-6-5-7-10(12)11(4-2)16(13,14)15/h5-7,9,11H,3-4,8H2,1-2H3/p+1. The molecule has 0 saturated heterocycles. The molecule has 0 spiro atoms. The monoisotopic (exact) mass is 244 g/mol. The summed E-state index contributed by atoms with van der Waals surface area (Å²) >= 11 is 0. The third-order valence-corrected chi connectivity index (χ3v) is 3.79. The Kier molecular flexibility index (Phi) is 4.44. The van der Waals surface area contributed by atoms with Gasteiger partial charge in [0.1, 0.15) is 6.54 Å². The molecule has 4 nitrogen and oxygen atoms in total. The van der Waals surface area contributed by atoms with E-state index in [2.05, 4.69) is 0 Å². The average molecular weight is 244 g/mol. The molecule has 1 unspecified atom stereocenters. The normalized spacial score (nSPS) is 13.7. The highest BCUT2D eigenvalue weighted by atomic mass is 32.2. The molecule has 1 atom stereocenters. The predicted octanol–water partition coefficient (Wildman–Crippen LogP) is 1.72. The van der Waals surface area contributed by atoms with Crippen molar-refractivity contribution in [2.75, 3.05) is 0 Å². The first-order valence-electron chi connectivity index (χ1n) is 5.45. The van der Waals surface area contributed by atoms with Crippen molar-refractivity contribution in [3.8, 4) is 0 Å². The van der Waals surface area contributed by atoms with Crippen molar-refractivity contribution in [2.45, 2.75) is 38.5 Å². The van der Waals surface area contributed by atoms with Gasteiger partial charge < -0.3 is 0 Å². The molecule has 0 aliphatic heterocycles. The van der Waals surface area contributed by atoms with Crippen LogP contribution in [-0.2, 0) is 16.7 Å². The molecule has 0 amide bonds. The average Bonchev–Trinajstić information content (AvgIpc) is 2.20. The van der Waals surface area contributed by atoms with Gasteiger partial charge in [0, 0.05) is 18.6 Å². The Morgan fingerprint density at radius 2 is 2.06 bits per heavy atom. The summed E-state index contributed by atoms with van der Waals surface area (Å²) in [5.74, 6) is 0. The van der Waals surface area contributed by atoms with Gasteiger partial charge in [-0.15, -0.1) is 0 Å². The largest absolute Gasteiger partial charge is 0.285 e. The highest BCUT2D eigenvalue weighted by molar-refractivity contribution is 7.86. The summed E-state index contributed by atoms with van der Waals surface area (Å²) < 4.78 is 33.6. The molecule has 1 aromatic heterocycles. The van der Waals surface area contributed by atoms with Gasteiger partial charge in [0.05, 0.1) is 0 Å². The second kappa shape index (κ2) is 5.41. The predicted molar refractivity (Wildman–Crippen MR) is 61.5 cm³/mol. The molecule has 1 aromatic rings. The minimum Gasteiger partial charge on any atom is -0.285 e. The molecule has 0 aromatic carbocycles. The Morgan fingerprint density at radius 1 is 1.38 bits per heavy atom. The summed E-state index contributed by atoms with van der Waals surface area (Å²) in [6, 6.07) is 5.39. The van der Waals surface area contributed by atoms with E-state index in [1.54, 1.807) is 19.1 Å². The van der Waals surface area contributed by atoms with Crippen molar-refractivity contribution < 1.29 is 17.5 Å². The van der Waals surface area contributed by atoms with Crippen molar-refractivity contribution in [3.63, 3.8) is 0 Å². The Hall–Kier alpha value is -0.940. The second-order valence-corrected chi connectivity index (χ2v) is 5.33. The van der Waals surface area contributed by atoms with Crippen molar-refractivity contribution in [2.24, 2.45) is 0 Å². The van der Waals surface area contributed by atoms with Crippen molar-refractivity contribution in [1.82, 2.24) is 0 Å². The molecule has 0 aliphatic rings. The highest BCUT2D eigenvalue weighted by Crippen LogP contribution is 2.21. The zero-order valence-electron chi connectivity index (χ0n) is 9.63. The molecule has 0 radical (unpaired) electrons. The van der Waals surface area contributed by atoms with Crippen molar-refractivity contribution in [1.29, 1.82) is 0 Å². The molecule has 0 bridgehead atoms. The molecule has 5 heteroatoms. The van der Waals surface area contributed by atoms with Crippen LogP contribution in [0.5, 0.6) is 0 Å². The van der Waals surface area contributed by atoms with E-state index in [0.717, 1.165) is 13.0 Å². The zero-order valence-corrected chi connectivity index (χ0v) is 10.4. The lowest BCUT2D eigenvalue weighted by molar-refractivity contribution is -0.704. The number of hydrogen-bond donors (Lipinski definition) is 1. The van der Waals surface area contributed by atoms with Crippen molar-refractivity contribution in [3.05, 3.63) is 30.1 Å². The van der Waals surface area contributed by atoms with E-state index in [0.29, 0.717) is 12.1 Å². The quantitative estimate of drug-likeness (QED) is 0.634. The molecular weight excluding hydrogens is 226 g/mol. The molecule has 16 heavy (non-hydrogen) atoms. The number of aryl methyl sites for hydroxylation is 1. The molecule has 1 N–H and O–H groups in total. The lowest BCUT2D eigenvalue weighted by Gasteiger charge is -2.10. The first-order chi connectivity index (χ1) is 7.50. The molecule has 1 rings (SSSR count). The van der Waals surface area contributed by atoms with E-state index < -0.39 is 15.4 Å². The Bertz CT molecular complexity index is 442. The summed E-state index contributed by atoms with van der Waals surface area (Å²) in [4.78, 5) is 0. The maximum Gasteiger partial charge on any atom is 0.278 e. The number of pyridine rings is 1.